The van der Waals surface area contributed by atoms with E-state index in [1.54, 1.807) is 20.8 Å². The van der Waals surface area contributed by atoms with Crippen LogP contribution in [0, 0.1) is 19.3 Å². The highest BCUT2D eigenvalue weighted by molar-refractivity contribution is 7.91. The molecule has 0 radical (unpaired) electrons. The number of benzene rings is 1. The van der Waals surface area contributed by atoms with Crippen molar-refractivity contribution in [1.82, 2.24) is 0 Å². The summed E-state index contributed by atoms with van der Waals surface area (Å²) >= 11 is 0. The maximum atomic E-state index is 14.9. The molecule has 2 aromatic rings. The molecular weight excluding hydrogens is 435 g/mol. The van der Waals surface area contributed by atoms with Crippen LogP contribution in [0.1, 0.15) is 75.8 Å². The number of carbonyl (C=O) groups excluding carboxylic acids is 1. The summed E-state index contributed by atoms with van der Waals surface area (Å²) in [4.78, 5) is 15.9. The number of aliphatic hydroxyl groups is 1. The molecule has 1 aromatic carbocycles. The first kappa shape index (κ1) is 25.5. The number of hydrogen-bond donors (Lipinski definition) is 3. The molecule has 32 heavy (non-hydrogen) atoms. The number of carbonyl (C=O) groups is 1. The number of furan rings is 1. The fourth-order valence-corrected chi connectivity index (χ4v) is 4.32. The van der Waals surface area contributed by atoms with Gasteiger partial charge in [-0.05, 0) is 44.2 Å². The van der Waals surface area contributed by atoms with Gasteiger partial charge in [0.2, 0.25) is 10.8 Å². The minimum atomic E-state index is -3.79. The van der Waals surface area contributed by atoms with Crippen LogP contribution in [0.2, 0.25) is 0 Å². The predicted octanol–water partition coefficient (Wildman–Crippen LogP) is 5.68. The molecule has 0 aliphatic carbocycles. The number of nitrogens with one attached hydrogen (secondary N) is 1. The molecule has 1 atom stereocenters. The number of halogens is 1. The molecule has 4 N–H and O–H groups in total. The molecule has 2 amide bonds. The highest BCUT2D eigenvalue weighted by Crippen LogP contribution is 2.39. The molecule has 174 valence electrons. The second-order valence-electron chi connectivity index (χ2n) is 8.69. The highest BCUT2D eigenvalue weighted by atomic mass is 32.2. The zero-order valence-electron chi connectivity index (χ0n) is 19.2. The highest BCUT2D eigenvalue weighted by Gasteiger charge is 2.27. The van der Waals surface area contributed by atoms with Crippen molar-refractivity contribution in [2.45, 2.75) is 71.0 Å². The van der Waals surface area contributed by atoms with Gasteiger partial charge in [0.15, 0.2) is 9.92 Å². The van der Waals surface area contributed by atoms with Gasteiger partial charge in [-0.2, -0.15) is 0 Å². The largest absolute Gasteiger partial charge is 0.450 e. The van der Waals surface area contributed by atoms with E-state index < -0.39 is 27.4 Å². The van der Waals surface area contributed by atoms with Crippen molar-refractivity contribution in [2.24, 2.45) is 9.50 Å². The van der Waals surface area contributed by atoms with Gasteiger partial charge in [0.05, 0.1) is 12.2 Å². The maximum Gasteiger partial charge on any atom is 0.354 e. The van der Waals surface area contributed by atoms with Crippen molar-refractivity contribution in [2.75, 3.05) is 5.32 Å². The lowest BCUT2D eigenvalue weighted by Gasteiger charge is -2.21. The number of rotatable bonds is 5. The molecular formula is C22H29FN4O4S. The van der Waals surface area contributed by atoms with E-state index in [1.165, 1.54) is 26.0 Å². The lowest BCUT2D eigenvalue weighted by atomic mass is 9.91. The summed E-state index contributed by atoms with van der Waals surface area (Å²) in [5.74, 6) is -0.927. The van der Waals surface area contributed by atoms with E-state index in [9.17, 15) is 18.5 Å². The van der Waals surface area contributed by atoms with Crippen LogP contribution in [0.25, 0.3) is 4.85 Å². The third kappa shape index (κ3) is 5.18. The Kier molecular flexibility index (Phi) is 7.19. The minimum absolute atomic E-state index is 0.139. The summed E-state index contributed by atoms with van der Waals surface area (Å²) in [5, 5.41) is 18.3. The Hall–Kier alpha value is -2.74. The summed E-state index contributed by atoms with van der Waals surface area (Å²) in [5.41, 5.74) is -0.165. The fraction of sp³-hybridized carbons (Fsp3) is 0.455. The third-order valence-corrected chi connectivity index (χ3v) is 6.14. The van der Waals surface area contributed by atoms with Crippen LogP contribution >= 0.6 is 0 Å². The zero-order valence-corrected chi connectivity index (χ0v) is 20.1. The minimum Gasteiger partial charge on any atom is -0.450 e. The normalized spacial score (nSPS) is 13.7. The van der Waals surface area contributed by atoms with Crippen LogP contribution in [0.15, 0.2) is 26.0 Å². The molecule has 0 saturated carbocycles. The molecule has 1 unspecified atom stereocenters. The lowest BCUT2D eigenvalue weighted by molar-refractivity contribution is 0.0769. The summed E-state index contributed by atoms with van der Waals surface area (Å²) in [6.45, 7) is 19.0. The topological polar surface area (TPSA) is 122 Å². The van der Waals surface area contributed by atoms with E-state index in [-0.39, 0.29) is 33.9 Å². The van der Waals surface area contributed by atoms with Gasteiger partial charge >= 0.3 is 6.03 Å². The number of urea groups is 1. The summed E-state index contributed by atoms with van der Waals surface area (Å²) in [6.07, 6.45) is 0. The van der Waals surface area contributed by atoms with Gasteiger partial charge in [0.25, 0.3) is 0 Å². The van der Waals surface area contributed by atoms with Crippen LogP contribution in [0.5, 0.6) is 0 Å². The Morgan fingerprint density at radius 3 is 2.34 bits per heavy atom. The van der Waals surface area contributed by atoms with Crippen molar-refractivity contribution < 1.29 is 22.9 Å². The fourth-order valence-electron chi connectivity index (χ4n) is 3.41. The van der Waals surface area contributed by atoms with Crippen molar-refractivity contribution >= 4 is 27.3 Å². The number of hydrogen-bond acceptors (Lipinski definition) is 4. The summed E-state index contributed by atoms with van der Waals surface area (Å²) < 4.78 is 36.9. The molecule has 0 bridgehead atoms. The van der Waals surface area contributed by atoms with E-state index in [0.717, 1.165) is 0 Å². The van der Waals surface area contributed by atoms with Gasteiger partial charge < -0.3 is 14.8 Å². The van der Waals surface area contributed by atoms with Gasteiger partial charge in [-0.3, -0.25) is 0 Å². The van der Waals surface area contributed by atoms with Crippen LogP contribution in [-0.4, -0.2) is 15.3 Å². The maximum absolute atomic E-state index is 14.9. The van der Waals surface area contributed by atoms with Gasteiger partial charge in [-0.1, -0.05) is 27.7 Å². The molecule has 1 aromatic heterocycles. The smallest absolute Gasteiger partial charge is 0.354 e. The SMILES string of the molecule is [C-]#[N+]c1cc(C(C)C)c(NC(=O)N=S(N)(=O)c2cc(C(C)(C)O)c(C)o2)c(C(C)C)c1F. The molecule has 0 aliphatic heterocycles. The molecule has 0 saturated heterocycles. The Bertz CT molecular complexity index is 1210. The lowest BCUT2D eigenvalue weighted by Crippen LogP contribution is -2.19. The van der Waals surface area contributed by atoms with E-state index >= 15 is 0 Å². The first-order valence-corrected chi connectivity index (χ1v) is 11.6. The number of anilines is 1. The number of nitrogens with zero attached hydrogens (tertiary/aromatic N) is 2. The molecule has 1 heterocycles. The van der Waals surface area contributed by atoms with Crippen LogP contribution in [0.3, 0.4) is 0 Å². The molecule has 2 rings (SSSR count). The Morgan fingerprint density at radius 1 is 1.31 bits per heavy atom. The Balaban J connectivity index is 2.58. The van der Waals surface area contributed by atoms with Crippen molar-refractivity contribution in [3.63, 3.8) is 0 Å². The van der Waals surface area contributed by atoms with Gasteiger partial charge in [-0.15, -0.1) is 4.36 Å². The van der Waals surface area contributed by atoms with Crippen molar-refractivity contribution in [1.29, 1.82) is 0 Å². The van der Waals surface area contributed by atoms with Gasteiger partial charge in [0, 0.05) is 22.9 Å². The van der Waals surface area contributed by atoms with Crippen LogP contribution < -0.4 is 10.5 Å². The van der Waals surface area contributed by atoms with E-state index in [1.807, 2.05) is 13.8 Å². The van der Waals surface area contributed by atoms with Crippen LogP contribution in [0.4, 0.5) is 20.6 Å². The van der Waals surface area contributed by atoms with Gasteiger partial charge in [-0.25, -0.2) is 23.4 Å². The zero-order chi connectivity index (χ0) is 24.6. The van der Waals surface area contributed by atoms with E-state index in [4.69, 9.17) is 16.1 Å². The predicted molar refractivity (Wildman–Crippen MR) is 122 cm³/mol. The summed E-state index contributed by atoms with van der Waals surface area (Å²) in [6, 6.07) is 1.65. The Morgan fingerprint density at radius 2 is 1.91 bits per heavy atom. The second-order valence-corrected chi connectivity index (χ2v) is 10.4. The third-order valence-electron chi connectivity index (χ3n) is 4.92. The number of nitrogens with two attached hydrogens (primary N) is 1. The van der Waals surface area contributed by atoms with Crippen molar-refractivity contribution in [3.05, 3.63) is 51.8 Å². The van der Waals surface area contributed by atoms with E-state index in [2.05, 4.69) is 14.5 Å². The van der Waals surface area contributed by atoms with E-state index in [0.29, 0.717) is 16.9 Å². The quantitative estimate of drug-likeness (QED) is 0.492. The first-order chi connectivity index (χ1) is 14.6. The molecule has 10 heteroatoms. The monoisotopic (exact) mass is 464 g/mol. The standard InChI is InChI=1S/C22H29FN4O4S/c1-11(2)14-9-16(25-8)19(23)18(12(3)4)20(14)26-21(28)27-32(24,30)17-10-15(13(5)31-17)22(6,7)29/h9-12,29H,1-7H3,(H3,24,26,27,28,30). The first-order valence-electron chi connectivity index (χ1n) is 10.0. The van der Waals surface area contributed by atoms with Gasteiger partial charge in [0.1, 0.15) is 11.6 Å². The Labute approximate surface area is 188 Å². The average Bonchev–Trinajstić information content (AvgIpc) is 3.04. The summed E-state index contributed by atoms with van der Waals surface area (Å²) in [7, 11) is -3.79. The molecule has 0 aliphatic rings. The van der Waals surface area contributed by atoms with Crippen molar-refractivity contribution in [3.8, 4) is 0 Å². The molecule has 0 fully saturated rings. The number of aryl methyl sites for hydroxylation is 1. The molecule has 8 nitrogen and oxygen atoms in total. The van der Waals surface area contributed by atoms with Crippen LogP contribution in [-0.2, 0) is 15.5 Å². The average molecular weight is 465 g/mol. The number of amides is 2. The second kappa shape index (κ2) is 9.02. The molecule has 0 spiro atoms.